The van der Waals surface area contributed by atoms with Gasteiger partial charge in [-0.15, -0.1) is 0 Å². The largest absolute Gasteiger partial charge is 0.318 e. The van der Waals surface area contributed by atoms with Gasteiger partial charge < -0.3 is 10.2 Å². The summed E-state index contributed by atoms with van der Waals surface area (Å²) in [6.07, 6.45) is 5.25. The van der Waals surface area contributed by atoms with Crippen molar-refractivity contribution < 1.29 is 0 Å². The highest BCUT2D eigenvalue weighted by Gasteiger charge is 1.98. The highest BCUT2D eigenvalue weighted by molar-refractivity contribution is 5.01. The molecule has 0 atom stereocenters. The molecule has 0 saturated heterocycles. The molecule has 0 radical (unpaired) electrons. The van der Waals surface area contributed by atoms with Crippen molar-refractivity contribution in [3.05, 3.63) is 24.3 Å². The second-order valence-corrected chi connectivity index (χ2v) is 3.09. The normalized spacial score (nSPS) is 10.7. The predicted octanol–water partition coefficient (Wildman–Crippen LogP) is 0.128. The summed E-state index contributed by atoms with van der Waals surface area (Å²) < 4.78 is 0. The van der Waals surface area contributed by atoms with E-state index >= 15 is 0 Å². The van der Waals surface area contributed by atoms with Crippen molar-refractivity contribution >= 4 is 0 Å². The highest BCUT2D eigenvalue weighted by atomic mass is 15.1. The molecule has 0 spiro atoms. The first-order chi connectivity index (χ1) is 6.33. The number of rotatable bonds is 5. The Hall–Kier alpha value is -1.00. The molecule has 0 unspecified atom stereocenters. The molecule has 13 heavy (non-hydrogen) atoms. The van der Waals surface area contributed by atoms with Crippen LogP contribution in [0.1, 0.15) is 5.56 Å². The van der Waals surface area contributed by atoms with Crippen molar-refractivity contribution in [2.45, 2.75) is 6.54 Å². The van der Waals surface area contributed by atoms with E-state index in [9.17, 15) is 0 Å². The van der Waals surface area contributed by atoms with Gasteiger partial charge in [-0.3, -0.25) is 0 Å². The van der Waals surface area contributed by atoms with Crippen molar-refractivity contribution in [1.82, 2.24) is 20.2 Å². The zero-order valence-corrected chi connectivity index (χ0v) is 8.20. The first-order valence-corrected chi connectivity index (χ1v) is 4.40. The van der Waals surface area contributed by atoms with Crippen LogP contribution < -0.4 is 5.32 Å². The van der Waals surface area contributed by atoms with Crippen molar-refractivity contribution in [2.24, 2.45) is 0 Å². The van der Waals surface area contributed by atoms with Gasteiger partial charge in [0.1, 0.15) is 6.33 Å². The Balaban J connectivity index is 2.32. The fraction of sp³-hybridized carbons (Fsp3) is 0.556. The molecule has 1 aromatic heterocycles. The Morgan fingerprint density at radius 1 is 1.38 bits per heavy atom. The van der Waals surface area contributed by atoms with Crippen molar-refractivity contribution in [1.29, 1.82) is 0 Å². The molecule has 0 bridgehead atoms. The fourth-order valence-corrected chi connectivity index (χ4v) is 1.11. The topological polar surface area (TPSA) is 41.0 Å². The van der Waals surface area contributed by atoms with E-state index in [4.69, 9.17) is 0 Å². The summed E-state index contributed by atoms with van der Waals surface area (Å²) in [4.78, 5) is 10.2. The van der Waals surface area contributed by atoms with Crippen LogP contribution in [0.2, 0.25) is 0 Å². The SMILES string of the molecule is CNCCN(C)Cc1cncnc1. The van der Waals surface area contributed by atoms with Crippen molar-refractivity contribution in [3.63, 3.8) is 0 Å². The molecule has 0 aliphatic rings. The molecule has 1 heterocycles. The third-order valence-electron chi connectivity index (χ3n) is 1.81. The maximum Gasteiger partial charge on any atom is 0.115 e. The first kappa shape index (κ1) is 10.1. The predicted molar refractivity (Wildman–Crippen MR) is 52.3 cm³/mol. The Labute approximate surface area is 79.0 Å². The van der Waals surface area contributed by atoms with Gasteiger partial charge >= 0.3 is 0 Å². The van der Waals surface area contributed by atoms with E-state index < -0.39 is 0 Å². The van der Waals surface area contributed by atoms with Crippen LogP contribution in [0.25, 0.3) is 0 Å². The lowest BCUT2D eigenvalue weighted by Gasteiger charge is -2.15. The molecule has 1 N–H and O–H groups in total. The fourth-order valence-electron chi connectivity index (χ4n) is 1.11. The summed E-state index contributed by atoms with van der Waals surface area (Å²) in [6, 6.07) is 0. The van der Waals surface area contributed by atoms with Gasteiger partial charge in [0.15, 0.2) is 0 Å². The van der Waals surface area contributed by atoms with Gasteiger partial charge in [0.2, 0.25) is 0 Å². The number of hydrogen-bond acceptors (Lipinski definition) is 4. The molecule has 72 valence electrons. The van der Waals surface area contributed by atoms with Gasteiger partial charge in [0.05, 0.1) is 0 Å². The molecule has 0 aliphatic heterocycles. The lowest BCUT2D eigenvalue weighted by atomic mass is 10.3. The van der Waals surface area contributed by atoms with Crippen LogP contribution in [0.15, 0.2) is 18.7 Å². The minimum atomic E-state index is 0.905. The number of aromatic nitrogens is 2. The van der Waals surface area contributed by atoms with E-state index in [-0.39, 0.29) is 0 Å². The molecule has 1 rings (SSSR count). The Morgan fingerprint density at radius 2 is 2.08 bits per heavy atom. The maximum atomic E-state index is 3.96. The molecule has 1 aromatic rings. The number of nitrogens with one attached hydrogen (secondary N) is 1. The zero-order valence-electron chi connectivity index (χ0n) is 8.20. The van der Waals surface area contributed by atoms with Gasteiger partial charge in [0, 0.05) is 37.6 Å². The van der Waals surface area contributed by atoms with Crippen LogP contribution >= 0.6 is 0 Å². The van der Waals surface area contributed by atoms with Gasteiger partial charge in [-0.25, -0.2) is 9.97 Å². The summed E-state index contributed by atoms with van der Waals surface area (Å²) in [5.41, 5.74) is 1.15. The quantitative estimate of drug-likeness (QED) is 0.699. The standard InChI is InChI=1S/C9H16N4/c1-10-3-4-13(2)7-9-5-11-8-12-6-9/h5-6,8,10H,3-4,7H2,1-2H3. The van der Waals surface area contributed by atoms with E-state index in [1.165, 1.54) is 0 Å². The third-order valence-corrected chi connectivity index (χ3v) is 1.81. The molecule has 0 aliphatic carbocycles. The molecule has 0 aromatic carbocycles. The Morgan fingerprint density at radius 3 is 2.69 bits per heavy atom. The number of nitrogens with zero attached hydrogens (tertiary/aromatic N) is 3. The van der Waals surface area contributed by atoms with E-state index in [0.29, 0.717) is 0 Å². The monoisotopic (exact) mass is 180 g/mol. The minimum absolute atomic E-state index is 0.905. The first-order valence-electron chi connectivity index (χ1n) is 4.40. The Kier molecular flexibility index (Phi) is 4.35. The molecular weight excluding hydrogens is 164 g/mol. The van der Waals surface area contributed by atoms with Gasteiger partial charge in [0.25, 0.3) is 0 Å². The van der Waals surface area contributed by atoms with Crippen molar-refractivity contribution in [3.8, 4) is 0 Å². The van der Waals surface area contributed by atoms with E-state index in [1.54, 1.807) is 6.33 Å². The lowest BCUT2D eigenvalue weighted by molar-refractivity contribution is 0.327. The van der Waals surface area contributed by atoms with Crippen LogP contribution in [-0.2, 0) is 6.54 Å². The second kappa shape index (κ2) is 5.61. The summed E-state index contributed by atoms with van der Waals surface area (Å²) in [7, 11) is 4.05. The van der Waals surface area contributed by atoms with E-state index in [1.807, 2.05) is 19.4 Å². The van der Waals surface area contributed by atoms with Gasteiger partial charge in [-0.05, 0) is 14.1 Å². The minimum Gasteiger partial charge on any atom is -0.318 e. The van der Waals surface area contributed by atoms with Gasteiger partial charge in [-0.1, -0.05) is 0 Å². The molecule has 0 amide bonds. The molecule has 4 heteroatoms. The number of likely N-dealkylation sites (N-methyl/N-ethyl adjacent to an activating group) is 2. The lowest BCUT2D eigenvalue weighted by Crippen LogP contribution is -2.26. The second-order valence-electron chi connectivity index (χ2n) is 3.09. The average Bonchev–Trinajstić information content (AvgIpc) is 2.16. The number of hydrogen-bond donors (Lipinski definition) is 1. The van der Waals surface area contributed by atoms with Crippen LogP contribution in [0, 0.1) is 0 Å². The summed E-state index contributed by atoms with van der Waals surface area (Å²) >= 11 is 0. The molecule has 4 nitrogen and oxygen atoms in total. The van der Waals surface area contributed by atoms with Gasteiger partial charge in [-0.2, -0.15) is 0 Å². The van der Waals surface area contributed by atoms with Crippen LogP contribution in [-0.4, -0.2) is 42.1 Å². The Bertz CT molecular complexity index is 224. The summed E-state index contributed by atoms with van der Waals surface area (Å²) in [5.74, 6) is 0. The third kappa shape index (κ3) is 3.96. The molecule has 0 fully saturated rings. The van der Waals surface area contributed by atoms with Crippen molar-refractivity contribution in [2.75, 3.05) is 27.2 Å². The van der Waals surface area contributed by atoms with Crippen LogP contribution in [0.4, 0.5) is 0 Å². The van der Waals surface area contributed by atoms with Crippen LogP contribution in [0.5, 0.6) is 0 Å². The van der Waals surface area contributed by atoms with Crippen LogP contribution in [0.3, 0.4) is 0 Å². The zero-order chi connectivity index (χ0) is 9.52. The smallest absolute Gasteiger partial charge is 0.115 e. The highest BCUT2D eigenvalue weighted by Crippen LogP contribution is 1.97. The van der Waals surface area contributed by atoms with E-state index in [0.717, 1.165) is 25.2 Å². The average molecular weight is 180 g/mol. The summed E-state index contributed by atoms with van der Waals surface area (Å²) in [6.45, 7) is 2.94. The summed E-state index contributed by atoms with van der Waals surface area (Å²) in [5, 5.41) is 3.11. The maximum absolute atomic E-state index is 3.96. The molecule has 0 saturated carbocycles. The van der Waals surface area contributed by atoms with E-state index in [2.05, 4.69) is 27.2 Å². The molecular formula is C9H16N4.